The van der Waals surface area contributed by atoms with Crippen molar-refractivity contribution in [2.45, 2.75) is 45.4 Å². The minimum absolute atomic E-state index is 0.145. The molecule has 0 spiro atoms. The van der Waals surface area contributed by atoms with E-state index in [1.807, 2.05) is 18.2 Å². The number of aliphatic hydroxyl groups is 1. The van der Waals surface area contributed by atoms with Crippen LogP contribution in [-0.2, 0) is 0 Å². The first-order chi connectivity index (χ1) is 12.0. The summed E-state index contributed by atoms with van der Waals surface area (Å²) < 4.78 is 5.78. The van der Waals surface area contributed by atoms with Crippen molar-refractivity contribution in [3.63, 3.8) is 0 Å². The molecule has 1 aromatic carbocycles. The molecule has 1 atom stereocenters. The number of carbonyl (C=O) groups excluding carboxylic acids is 1. The van der Waals surface area contributed by atoms with E-state index in [2.05, 4.69) is 29.5 Å². The molecular formula is C19H27N3O3. The normalized spacial score (nSPS) is 15.5. The van der Waals surface area contributed by atoms with E-state index in [9.17, 15) is 4.79 Å². The van der Waals surface area contributed by atoms with Crippen LogP contribution < -0.4 is 10.6 Å². The molecule has 136 valence electrons. The first-order valence-electron chi connectivity index (χ1n) is 9.11. The Morgan fingerprint density at radius 3 is 2.88 bits per heavy atom. The van der Waals surface area contributed by atoms with Gasteiger partial charge in [-0.15, -0.1) is 0 Å². The summed E-state index contributed by atoms with van der Waals surface area (Å²) in [5.41, 5.74) is 2.22. The van der Waals surface area contributed by atoms with Crippen LogP contribution in [0.3, 0.4) is 0 Å². The van der Waals surface area contributed by atoms with Gasteiger partial charge in [0, 0.05) is 30.8 Å². The van der Waals surface area contributed by atoms with Crippen LogP contribution in [0, 0.1) is 11.8 Å². The largest absolute Gasteiger partial charge is 0.440 e. The van der Waals surface area contributed by atoms with Gasteiger partial charge in [-0.2, -0.15) is 0 Å². The second kappa shape index (κ2) is 7.87. The van der Waals surface area contributed by atoms with Crippen molar-refractivity contribution in [3.05, 3.63) is 24.1 Å². The summed E-state index contributed by atoms with van der Waals surface area (Å²) in [6.45, 7) is 4.99. The van der Waals surface area contributed by atoms with E-state index in [-0.39, 0.29) is 18.6 Å². The highest BCUT2D eigenvalue weighted by molar-refractivity contribution is 5.91. The van der Waals surface area contributed by atoms with Gasteiger partial charge in [0.05, 0.1) is 0 Å². The molecule has 1 aliphatic rings. The molecule has 1 unspecified atom stereocenters. The number of hydrogen-bond donors (Lipinski definition) is 3. The summed E-state index contributed by atoms with van der Waals surface area (Å²) in [5, 5.41) is 14.9. The number of urea groups is 1. The predicted molar refractivity (Wildman–Crippen MR) is 97.7 cm³/mol. The molecule has 0 saturated heterocycles. The maximum atomic E-state index is 12.1. The molecule has 3 N–H and O–H groups in total. The lowest BCUT2D eigenvalue weighted by atomic mass is 9.94. The summed E-state index contributed by atoms with van der Waals surface area (Å²) >= 11 is 0. The number of nitrogens with zero attached hydrogens (tertiary/aromatic N) is 1. The summed E-state index contributed by atoms with van der Waals surface area (Å²) in [6.07, 6.45) is 3.97. The van der Waals surface area contributed by atoms with Gasteiger partial charge in [0.15, 0.2) is 11.5 Å². The summed E-state index contributed by atoms with van der Waals surface area (Å²) in [7, 11) is 0. The van der Waals surface area contributed by atoms with Crippen molar-refractivity contribution in [2.75, 3.05) is 18.5 Å². The quantitative estimate of drug-likeness (QED) is 0.678. The Kier molecular flexibility index (Phi) is 5.58. The van der Waals surface area contributed by atoms with Crippen LogP contribution in [0.2, 0.25) is 0 Å². The maximum absolute atomic E-state index is 12.1. The monoisotopic (exact) mass is 345 g/mol. The standard InChI is InChI=1S/C19H27N3O3/c1-12(2)9-13(7-8-23)11-20-19(24)21-15-5-6-16-17(10-15)25-18(22-16)14-3-4-14/h5-6,10,12-14,23H,3-4,7-9,11H2,1-2H3,(H2,20,21,24). The van der Waals surface area contributed by atoms with Gasteiger partial charge in [0.1, 0.15) is 5.52 Å². The highest BCUT2D eigenvalue weighted by Gasteiger charge is 2.28. The predicted octanol–water partition coefficient (Wildman–Crippen LogP) is 3.87. The lowest BCUT2D eigenvalue weighted by Crippen LogP contribution is -2.33. The minimum atomic E-state index is -0.243. The second-order valence-electron chi connectivity index (χ2n) is 7.35. The highest BCUT2D eigenvalue weighted by Crippen LogP contribution is 2.40. The molecule has 6 heteroatoms. The Hall–Kier alpha value is -2.08. The maximum Gasteiger partial charge on any atom is 0.319 e. The topological polar surface area (TPSA) is 87.4 Å². The van der Waals surface area contributed by atoms with Gasteiger partial charge in [-0.3, -0.25) is 0 Å². The molecule has 0 radical (unpaired) electrons. The third kappa shape index (κ3) is 4.95. The number of aliphatic hydroxyl groups excluding tert-OH is 1. The van der Waals surface area contributed by atoms with Crippen LogP contribution in [0.1, 0.15) is 51.3 Å². The van der Waals surface area contributed by atoms with Crippen LogP contribution in [0.15, 0.2) is 22.6 Å². The van der Waals surface area contributed by atoms with Gasteiger partial charge in [0.2, 0.25) is 0 Å². The Balaban J connectivity index is 1.55. The molecule has 2 amide bonds. The summed E-state index contributed by atoms with van der Waals surface area (Å²) in [5.74, 6) is 2.10. The number of benzene rings is 1. The first-order valence-corrected chi connectivity index (χ1v) is 9.11. The van der Waals surface area contributed by atoms with Crippen molar-refractivity contribution < 1.29 is 14.3 Å². The average molecular weight is 345 g/mol. The van der Waals surface area contributed by atoms with Gasteiger partial charge in [0.25, 0.3) is 0 Å². The summed E-state index contributed by atoms with van der Waals surface area (Å²) in [6, 6.07) is 5.27. The molecule has 25 heavy (non-hydrogen) atoms. The SMILES string of the molecule is CC(C)CC(CCO)CNC(=O)Nc1ccc2nc(C3CC3)oc2c1. The van der Waals surface area contributed by atoms with Gasteiger partial charge >= 0.3 is 6.03 Å². The van der Waals surface area contributed by atoms with Gasteiger partial charge < -0.3 is 20.2 Å². The van der Waals surface area contributed by atoms with Crippen molar-refractivity contribution in [1.29, 1.82) is 0 Å². The lowest BCUT2D eigenvalue weighted by Gasteiger charge is -2.18. The molecule has 1 saturated carbocycles. The zero-order valence-corrected chi connectivity index (χ0v) is 14.9. The molecule has 2 aromatic rings. The fourth-order valence-electron chi connectivity index (χ4n) is 3.09. The number of hydrogen-bond acceptors (Lipinski definition) is 4. The van der Waals surface area contributed by atoms with E-state index in [4.69, 9.17) is 9.52 Å². The van der Waals surface area contributed by atoms with E-state index in [0.29, 0.717) is 36.1 Å². The lowest BCUT2D eigenvalue weighted by molar-refractivity contribution is 0.231. The van der Waals surface area contributed by atoms with Gasteiger partial charge in [-0.05, 0) is 49.7 Å². The summed E-state index contributed by atoms with van der Waals surface area (Å²) in [4.78, 5) is 16.6. The van der Waals surface area contributed by atoms with Crippen LogP contribution >= 0.6 is 0 Å². The smallest absolute Gasteiger partial charge is 0.319 e. The number of nitrogens with one attached hydrogen (secondary N) is 2. The van der Waals surface area contributed by atoms with Gasteiger partial charge in [-0.1, -0.05) is 13.8 Å². The molecule has 0 bridgehead atoms. The Labute approximate surface area is 148 Å². The number of fused-ring (bicyclic) bond motifs is 1. The Morgan fingerprint density at radius 2 is 2.20 bits per heavy atom. The van der Waals surface area contributed by atoms with Crippen molar-refractivity contribution in [1.82, 2.24) is 10.3 Å². The molecule has 1 aliphatic carbocycles. The van der Waals surface area contributed by atoms with E-state index in [1.165, 1.54) is 0 Å². The number of oxazole rings is 1. The van der Waals surface area contributed by atoms with Crippen LogP contribution in [-0.4, -0.2) is 29.3 Å². The van der Waals surface area contributed by atoms with Crippen LogP contribution in [0.25, 0.3) is 11.1 Å². The van der Waals surface area contributed by atoms with Gasteiger partial charge in [-0.25, -0.2) is 9.78 Å². The number of aromatic nitrogens is 1. The van der Waals surface area contributed by atoms with E-state index in [0.717, 1.165) is 30.7 Å². The number of rotatable bonds is 8. The number of amides is 2. The molecule has 6 nitrogen and oxygen atoms in total. The minimum Gasteiger partial charge on any atom is -0.440 e. The molecule has 3 rings (SSSR count). The number of carbonyl (C=O) groups is 1. The number of anilines is 1. The molecule has 1 fully saturated rings. The van der Waals surface area contributed by atoms with Crippen molar-refractivity contribution in [3.8, 4) is 0 Å². The zero-order valence-electron chi connectivity index (χ0n) is 14.9. The second-order valence-corrected chi connectivity index (χ2v) is 7.35. The molecule has 0 aliphatic heterocycles. The van der Waals surface area contributed by atoms with E-state index >= 15 is 0 Å². The molecular weight excluding hydrogens is 318 g/mol. The van der Waals surface area contributed by atoms with Crippen LogP contribution in [0.4, 0.5) is 10.5 Å². The van der Waals surface area contributed by atoms with E-state index in [1.54, 1.807) is 0 Å². The van der Waals surface area contributed by atoms with Crippen molar-refractivity contribution >= 4 is 22.8 Å². The molecule has 1 aromatic heterocycles. The van der Waals surface area contributed by atoms with Crippen LogP contribution in [0.5, 0.6) is 0 Å². The molecule has 1 heterocycles. The highest BCUT2D eigenvalue weighted by atomic mass is 16.3. The van der Waals surface area contributed by atoms with E-state index < -0.39 is 0 Å². The Morgan fingerprint density at radius 1 is 1.40 bits per heavy atom. The Bertz CT molecular complexity index is 722. The average Bonchev–Trinajstić information content (AvgIpc) is 3.32. The fraction of sp³-hybridized carbons (Fsp3) is 0.579. The first kappa shape index (κ1) is 17.7. The third-order valence-electron chi connectivity index (χ3n) is 4.48. The third-order valence-corrected chi connectivity index (χ3v) is 4.48. The van der Waals surface area contributed by atoms with Crippen molar-refractivity contribution in [2.24, 2.45) is 11.8 Å². The fourth-order valence-corrected chi connectivity index (χ4v) is 3.09. The zero-order chi connectivity index (χ0) is 17.8.